The van der Waals surface area contributed by atoms with E-state index in [2.05, 4.69) is 74.6 Å². The van der Waals surface area contributed by atoms with Gasteiger partial charge < -0.3 is 0 Å². The lowest BCUT2D eigenvalue weighted by Gasteiger charge is -2.20. The van der Waals surface area contributed by atoms with Crippen LogP contribution in [0.3, 0.4) is 0 Å². The van der Waals surface area contributed by atoms with Crippen LogP contribution in [0, 0.1) is 0 Å². The second-order valence-electron chi connectivity index (χ2n) is 3.86. The molecule has 0 fully saturated rings. The molecule has 0 saturated heterocycles. The van der Waals surface area contributed by atoms with Crippen molar-refractivity contribution in [3.8, 4) is 0 Å². The van der Waals surface area contributed by atoms with E-state index in [9.17, 15) is 0 Å². The predicted octanol–water partition coefficient (Wildman–Crippen LogP) is 5.10. The number of nitrogens with zero attached hydrogens (tertiary/aromatic N) is 1. The molecule has 4 heteroatoms. The summed E-state index contributed by atoms with van der Waals surface area (Å²) in [6.07, 6.45) is 2.63. The Hall–Kier alpha value is 1.12. The summed E-state index contributed by atoms with van der Waals surface area (Å²) in [5.41, 5.74) is 1.39. The summed E-state index contributed by atoms with van der Waals surface area (Å²) in [5.74, 6) is 0. The molecule has 98 valence electrons. The summed E-state index contributed by atoms with van der Waals surface area (Å²) in [4.78, 5) is 2.51. The molecule has 0 heterocycles. The molecule has 0 spiro atoms. The van der Waals surface area contributed by atoms with Gasteiger partial charge in [-0.15, -0.1) is 24.0 Å². The molecule has 0 N–H and O–H groups in total. The van der Waals surface area contributed by atoms with E-state index in [0.29, 0.717) is 0 Å². The summed E-state index contributed by atoms with van der Waals surface area (Å²) >= 11 is 6.06. The van der Waals surface area contributed by atoms with Crippen molar-refractivity contribution in [2.75, 3.05) is 17.5 Å². The normalized spacial score (nSPS) is 10.4. The van der Waals surface area contributed by atoms with Gasteiger partial charge in [0, 0.05) is 11.0 Å². The monoisotopic (exact) mass is 523 g/mol. The fourth-order valence-corrected chi connectivity index (χ4v) is 2.60. The van der Waals surface area contributed by atoms with Crippen LogP contribution < -0.4 is 0 Å². The van der Waals surface area contributed by atoms with Gasteiger partial charge in [0.15, 0.2) is 0 Å². The first-order valence-corrected chi connectivity index (χ1v) is 8.11. The first kappa shape index (κ1) is 18.1. The highest BCUT2D eigenvalue weighted by Gasteiger charge is 2.05. The minimum Gasteiger partial charge on any atom is -0.299 e. The summed E-state index contributed by atoms with van der Waals surface area (Å²) in [5, 5.41) is 0. The Morgan fingerprint density at radius 3 is 2.53 bits per heavy atom. The topological polar surface area (TPSA) is 3.24 Å². The molecule has 0 aliphatic carbocycles. The van der Waals surface area contributed by atoms with Gasteiger partial charge in [-0.3, -0.25) is 4.90 Å². The lowest BCUT2D eigenvalue weighted by atomic mass is 10.2. The van der Waals surface area contributed by atoms with Gasteiger partial charge >= 0.3 is 0 Å². The fourth-order valence-electron chi connectivity index (χ4n) is 1.65. The highest BCUT2D eigenvalue weighted by molar-refractivity contribution is 14.1. The molecule has 1 nitrogen and oxygen atoms in total. The number of hydrogen-bond acceptors (Lipinski definition) is 1. The van der Waals surface area contributed by atoms with Crippen molar-refractivity contribution >= 4 is 62.5 Å². The van der Waals surface area contributed by atoms with E-state index < -0.39 is 0 Å². The van der Waals surface area contributed by atoms with E-state index in [-0.39, 0.29) is 24.0 Å². The number of halogens is 3. The van der Waals surface area contributed by atoms with Crippen LogP contribution in [0.2, 0.25) is 0 Å². The van der Waals surface area contributed by atoms with Gasteiger partial charge in [0.2, 0.25) is 0 Å². The Morgan fingerprint density at radius 1 is 1.24 bits per heavy atom. The van der Waals surface area contributed by atoms with E-state index in [1.54, 1.807) is 0 Å². The van der Waals surface area contributed by atoms with Gasteiger partial charge in [-0.25, -0.2) is 0 Å². The Kier molecular flexibility index (Phi) is 11.7. The fraction of sp³-hybridized carbons (Fsp3) is 0.538. The largest absolute Gasteiger partial charge is 0.299 e. The molecule has 0 aromatic heterocycles. The Bertz CT molecular complexity index is 307. The van der Waals surface area contributed by atoms with Gasteiger partial charge in [0.05, 0.1) is 0 Å². The predicted molar refractivity (Wildman–Crippen MR) is 98.6 cm³/mol. The Morgan fingerprint density at radius 2 is 1.94 bits per heavy atom. The van der Waals surface area contributed by atoms with E-state index in [1.165, 1.54) is 33.9 Å². The van der Waals surface area contributed by atoms with Crippen molar-refractivity contribution < 1.29 is 0 Å². The maximum Gasteiger partial charge on any atom is 0.0244 e. The maximum absolute atomic E-state index is 3.61. The molecular weight excluding hydrogens is 504 g/mol. The average molecular weight is 524 g/mol. The molecule has 1 aromatic carbocycles. The zero-order valence-corrected chi connectivity index (χ0v) is 16.2. The van der Waals surface area contributed by atoms with E-state index >= 15 is 0 Å². The molecule has 0 unspecified atom stereocenters. The van der Waals surface area contributed by atoms with Gasteiger partial charge in [-0.2, -0.15) is 0 Å². The molecule has 1 aromatic rings. The van der Waals surface area contributed by atoms with Crippen molar-refractivity contribution in [1.29, 1.82) is 0 Å². The van der Waals surface area contributed by atoms with Gasteiger partial charge in [-0.1, -0.05) is 63.6 Å². The molecular formula is C13H20BrI2N. The molecule has 0 bridgehead atoms. The van der Waals surface area contributed by atoms with Crippen LogP contribution in [-0.2, 0) is 6.54 Å². The third-order valence-corrected chi connectivity index (χ3v) is 4.19. The molecule has 0 atom stereocenters. The highest BCUT2D eigenvalue weighted by Crippen LogP contribution is 2.17. The van der Waals surface area contributed by atoms with Crippen LogP contribution in [0.25, 0.3) is 0 Å². The third-order valence-electron chi connectivity index (χ3n) is 2.66. The van der Waals surface area contributed by atoms with Crippen LogP contribution in [0.5, 0.6) is 0 Å². The SMILES string of the molecule is CCN(CCCCI)Cc1ccccc1Br.I. The van der Waals surface area contributed by atoms with Gasteiger partial charge in [0.25, 0.3) is 0 Å². The standard InChI is InChI=1S/C13H19BrIN.HI/c1-2-16(10-6-5-9-15)11-12-7-3-4-8-13(12)14;/h3-4,7-8H,2,5-6,9-11H2,1H3;1H. The smallest absolute Gasteiger partial charge is 0.0244 e. The lowest BCUT2D eigenvalue weighted by molar-refractivity contribution is 0.275. The van der Waals surface area contributed by atoms with Crippen LogP contribution in [0.1, 0.15) is 25.3 Å². The summed E-state index contributed by atoms with van der Waals surface area (Å²) < 4.78 is 2.49. The van der Waals surface area contributed by atoms with E-state index in [1.807, 2.05) is 0 Å². The van der Waals surface area contributed by atoms with E-state index in [0.717, 1.165) is 13.1 Å². The van der Waals surface area contributed by atoms with Crippen molar-refractivity contribution in [1.82, 2.24) is 4.90 Å². The van der Waals surface area contributed by atoms with Crippen LogP contribution in [-0.4, -0.2) is 22.4 Å². The second kappa shape index (κ2) is 11.0. The van der Waals surface area contributed by atoms with Crippen molar-refractivity contribution in [2.45, 2.75) is 26.3 Å². The first-order valence-electron chi connectivity index (χ1n) is 5.79. The molecule has 0 amide bonds. The Labute approximate surface area is 144 Å². The number of hydrogen-bond donors (Lipinski definition) is 0. The van der Waals surface area contributed by atoms with Crippen molar-refractivity contribution in [3.63, 3.8) is 0 Å². The zero-order valence-electron chi connectivity index (χ0n) is 10.2. The number of benzene rings is 1. The van der Waals surface area contributed by atoms with Crippen LogP contribution >= 0.6 is 62.5 Å². The second-order valence-corrected chi connectivity index (χ2v) is 5.79. The third kappa shape index (κ3) is 7.32. The summed E-state index contributed by atoms with van der Waals surface area (Å²) in [7, 11) is 0. The number of unbranched alkanes of at least 4 members (excludes halogenated alkanes) is 1. The van der Waals surface area contributed by atoms with Crippen molar-refractivity contribution in [2.24, 2.45) is 0 Å². The Balaban J connectivity index is 0.00000256. The minimum absolute atomic E-state index is 0. The molecule has 0 aliphatic rings. The van der Waals surface area contributed by atoms with Crippen LogP contribution in [0.4, 0.5) is 0 Å². The van der Waals surface area contributed by atoms with Gasteiger partial charge in [0.1, 0.15) is 0 Å². The molecule has 0 saturated carbocycles. The molecule has 17 heavy (non-hydrogen) atoms. The zero-order chi connectivity index (χ0) is 11.8. The first-order chi connectivity index (χ1) is 7.77. The minimum atomic E-state index is 0. The molecule has 1 rings (SSSR count). The number of alkyl halides is 1. The maximum atomic E-state index is 3.61. The number of rotatable bonds is 7. The molecule has 0 radical (unpaired) electrons. The quantitative estimate of drug-likeness (QED) is 0.273. The van der Waals surface area contributed by atoms with Crippen LogP contribution in [0.15, 0.2) is 28.7 Å². The van der Waals surface area contributed by atoms with Crippen molar-refractivity contribution in [3.05, 3.63) is 34.3 Å². The average Bonchev–Trinajstić information content (AvgIpc) is 2.30. The summed E-state index contributed by atoms with van der Waals surface area (Å²) in [6, 6.07) is 8.50. The van der Waals surface area contributed by atoms with E-state index in [4.69, 9.17) is 0 Å². The molecule has 0 aliphatic heterocycles. The summed E-state index contributed by atoms with van der Waals surface area (Å²) in [6.45, 7) is 5.63. The lowest BCUT2D eigenvalue weighted by Crippen LogP contribution is -2.24. The highest BCUT2D eigenvalue weighted by atomic mass is 127. The van der Waals surface area contributed by atoms with Gasteiger partial charge in [-0.05, 0) is 42.0 Å².